The van der Waals surface area contributed by atoms with Crippen LogP contribution in [0.15, 0.2) is 41.1 Å². The van der Waals surface area contributed by atoms with Gasteiger partial charge in [0.1, 0.15) is 0 Å². The molecule has 0 fully saturated rings. The van der Waals surface area contributed by atoms with Crippen molar-refractivity contribution < 1.29 is 0 Å². The second-order valence-corrected chi connectivity index (χ2v) is 5.41. The van der Waals surface area contributed by atoms with Crippen LogP contribution in [0, 0.1) is 6.92 Å². The fraction of sp³-hybridized carbons (Fsp3) is 0.214. The van der Waals surface area contributed by atoms with E-state index in [-0.39, 0.29) is 6.04 Å². The lowest BCUT2D eigenvalue weighted by Gasteiger charge is -2.20. The molecule has 1 unspecified atom stereocenters. The Morgan fingerprint density at radius 3 is 2.72 bits per heavy atom. The molecule has 1 aromatic heterocycles. The number of pyridine rings is 1. The monoisotopic (exact) mass is 324 g/mol. The third-order valence-corrected chi connectivity index (χ3v) is 3.91. The molecule has 0 bridgehead atoms. The lowest BCUT2D eigenvalue weighted by atomic mass is 9.97. The quantitative estimate of drug-likeness (QED) is 0.918. The standard InChI is InChI=1S/C14H14BrClN2/c1-9-5-6-18-8-12(9)14(17-2)11-7-10(16)3-4-13(11)15/h3-8,14,17H,1-2H3. The lowest BCUT2D eigenvalue weighted by Crippen LogP contribution is -2.19. The van der Waals surface area contributed by atoms with Crippen molar-refractivity contribution in [3.8, 4) is 0 Å². The topological polar surface area (TPSA) is 24.9 Å². The number of aryl methyl sites for hydroxylation is 1. The smallest absolute Gasteiger partial charge is 0.0603 e. The Morgan fingerprint density at radius 2 is 2.06 bits per heavy atom. The van der Waals surface area contributed by atoms with Crippen LogP contribution in [-0.4, -0.2) is 12.0 Å². The average molecular weight is 326 g/mol. The van der Waals surface area contributed by atoms with Gasteiger partial charge in [-0.2, -0.15) is 0 Å². The molecule has 2 aromatic rings. The minimum atomic E-state index is 0.0757. The van der Waals surface area contributed by atoms with Gasteiger partial charge in [-0.15, -0.1) is 0 Å². The number of aromatic nitrogens is 1. The molecule has 0 saturated carbocycles. The van der Waals surface area contributed by atoms with Crippen LogP contribution >= 0.6 is 27.5 Å². The molecule has 1 atom stereocenters. The fourth-order valence-electron chi connectivity index (χ4n) is 1.99. The van der Waals surface area contributed by atoms with Crippen molar-refractivity contribution in [1.82, 2.24) is 10.3 Å². The van der Waals surface area contributed by atoms with Crippen LogP contribution in [-0.2, 0) is 0 Å². The molecule has 94 valence electrons. The van der Waals surface area contributed by atoms with Gasteiger partial charge in [-0.1, -0.05) is 27.5 Å². The highest BCUT2D eigenvalue weighted by molar-refractivity contribution is 9.10. The summed E-state index contributed by atoms with van der Waals surface area (Å²) in [7, 11) is 1.93. The van der Waals surface area contributed by atoms with Crippen LogP contribution in [0.1, 0.15) is 22.7 Å². The molecule has 18 heavy (non-hydrogen) atoms. The molecule has 0 aliphatic heterocycles. The lowest BCUT2D eigenvalue weighted by molar-refractivity contribution is 0.681. The van der Waals surface area contributed by atoms with Crippen LogP contribution in [0.2, 0.25) is 5.02 Å². The van der Waals surface area contributed by atoms with Crippen molar-refractivity contribution >= 4 is 27.5 Å². The molecule has 1 N–H and O–H groups in total. The molecule has 1 heterocycles. The van der Waals surface area contributed by atoms with Crippen LogP contribution in [0.3, 0.4) is 0 Å². The molecule has 0 spiro atoms. The molecular formula is C14H14BrClN2. The fourth-order valence-corrected chi connectivity index (χ4v) is 2.65. The van der Waals surface area contributed by atoms with Crippen molar-refractivity contribution in [2.24, 2.45) is 0 Å². The summed E-state index contributed by atoms with van der Waals surface area (Å²) in [5.41, 5.74) is 3.47. The molecule has 0 aliphatic rings. The maximum Gasteiger partial charge on any atom is 0.0603 e. The van der Waals surface area contributed by atoms with E-state index in [1.54, 1.807) is 6.20 Å². The SMILES string of the molecule is CNC(c1cnccc1C)c1cc(Cl)ccc1Br. The number of hydrogen-bond donors (Lipinski definition) is 1. The number of rotatable bonds is 3. The molecule has 1 aromatic carbocycles. The maximum absolute atomic E-state index is 6.08. The van der Waals surface area contributed by atoms with Crippen LogP contribution in [0.25, 0.3) is 0 Å². The first-order valence-corrected chi connectivity index (χ1v) is 6.83. The Hall–Kier alpha value is -0.900. The number of hydrogen-bond acceptors (Lipinski definition) is 2. The number of nitrogens with zero attached hydrogens (tertiary/aromatic N) is 1. The van der Waals surface area contributed by atoms with Gasteiger partial charge in [-0.3, -0.25) is 4.98 Å². The molecular weight excluding hydrogens is 312 g/mol. The van der Waals surface area contributed by atoms with Gasteiger partial charge in [0, 0.05) is 21.9 Å². The second-order valence-electron chi connectivity index (χ2n) is 4.12. The Bertz CT molecular complexity index is 557. The number of halogens is 2. The highest BCUT2D eigenvalue weighted by atomic mass is 79.9. The van der Waals surface area contributed by atoms with E-state index < -0.39 is 0 Å². The van der Waals surface area contributed by atoms with Crippen LogP contribution < -0.4 is 5.32 Å². The molecule has 0 saturated heterocycles. The Morgan fingerprint density at radius 1 is 1.28 bits per heavy atom. The normalized spacial score (nSPS) is 12.4. The summed E-state index contributed by atoms with van der Waals surface area (Å²) in [5, 5.41) is 4.05. The van der Waals surface area contributed by atoms with Gasteiger partial charge >= 0.3 is 0 Å². The maximum atomic E-state index is 6.08. The molecule has 2 rings (SSSR count). The van der Waals surface area contributed by atoms with Crippen LogP contribution in [0.4, 0.5) is 0 Å². The molecule has 4 heteroatoms. The highest BCUT2D eigenvalue weighted by Gasteiger charge is 2.17. The van der Waals surface area contributed by atoms with Gasteiger partial charge in [0.2, 0.25) is 0 Å². The minimum Gasteiger partial charge on any atom is -0.309 e. The van der Waals surface area contributed by atoms with E-state index >= 15 is 0 Å². The summed E-state index contributed by atoms with van der Waals surface area (Å²) in [6.07, 6.45) is 3.70. The van der Waals surface area contributed by atoms with E-state index in [9.17, 15) is 0 Å². The van der Waals surface area contributed by atoms with Gasteiger partial charge in [0.05, 0.1) is 6.04 Å². The first kappa shape index (κ1) is 13.5. The molecule has 0 aliphatic carbocycles. The first-order valence-electron chi connectivity index (χ1n) is 5.66. The predicted molar refractivity (Wildman–Crippen MR) is 79.0 cm³/mol. The summed E-state index contributed by atoms with van der Waals surface area (Å²) in [5.74, 6) is 0. The van der Waals surface area contributed by atoms with Crippen molar-refractivity contribution in [3.05, 3.63) is 62.8 Å². The van der Waals surface area contributed by atoms with E-state index in [1.807, 2.05) is 37.5 Å². The summed E-state index contributed by atoms with van der Waals surface area (Å²) < 4.78 is 1.04. The van der Waals surface area contributed by atoms with Crippen molar-refractivity contribution in [2.45, 2.75) is 13.0 Å². The number of benzene rings is 1. The number of nitrogens with one attached hydrogen (secondary N) is 1. The Kier molecular flexibility index (Phi) is 4.38. The van der Waals surface area contributed by atoms with E-state index in [1.165, 1.54) is 5.56 Å². The van der Waals surface area contributed by atoms with Crippen molar-refractivity contribution in [2.75, 3.05) is 7.05 Å². The van der Waals surface area contributed by atoms with Crippen LogP contribution in [0.5, 0.6) is 0 Å². The zero-order valence-electron chi connectivity index (χ0n) is 10.2. The molecule has 0 radical (unpaired) electrons. The third-order valence-electron chi connectivity index (χ3n) is 2.95. The third kappa shape index (κ3) is 2.74. The summed E-state index contributed by atoms with van der Waals surface area (Å²) in [6, 6.07) is 7.90. The zero-order valence-corrected chi connectivity index (χ0v) is 12.6. The Labute approximate surface area is 121 Å². The highest BCUT2D eigenvalue weighted by Crippen LogP contribution is 2.31. The largest absolute Gasteiger partial charge is 0.309 e. The first-order chi connectivity index (χ1) is 8.63. The van der Waals surface area contributed by atoms with Gasteiger partial charge in [0.25, 0.3) is 0 Å². The zero-order chi connectivity index (χ0) is 13.1. The van der Waals surface area contributed by atoms with Crippen molar-refractivity contribution in [3.63, 3.8) is 0 Å². The summed E-state index contributed by atoms with van der Waals surface area (Å²) in [4.78, 5) is 4.20. The minimum absolute atomic E-state index is 0.0757. The van der Waals surface area contributed by atoms with Gasteiger partial charge in [-0.25, -0.2) is 0 Å². The molecule has 0 amide bonds. The van der Waals surface area contributed by atoms with E-state index in [0.29, 0.717) is 0 Å². The molecule has 2 nitrogen and oxygen atoms in total. The Balaban J connectivity index is 2.52. The summed E-state index contributed by atoms with van der Waals surface area (Å²) in [6.45, 7) is 2.08. The van der Waals surface area contributed by atoms with Gasteiger partial charge in [0.15, 0.2) is 0 Å². The van der Waals surface area contributed by atoms with Gasteiger partial charge < -0.3 is 5.32 Å². The predicted octanol–water partition coefficient (Wildman–Crippen LogP) is 4.11. The van der Waals surface area contributed by atoms with Crippen molar-refractivity contribution in [1.29, 1.82) is 0 Å². The van der Waals surface area contributed by atoms with E-state index in [0.717, 1.165) is 20.6 Å². The van der Waals surface area contributed by atoms with E-state index in [2.05, 4.69) is 33.2 Å². The van der Waals surface area contributed by atoms with E-state index in [4.69, 9.17) is 11.6 Å². The summed E-state index contributed by atoms with van der Waals surface area (Å²) >= 11 is 9.66. The second kappa shape index (κ2) is 5.83. The average Bonchev–Trinajstić information content (AvgIpc) is 2.36. The van der Waals surface area contributed by atoms with Gasteiger partial charge in [-0.05, 0) is 54.9 Å².